The molecule has 0 saturated carbocycles. The fraction of sp³-hybridized carbons (Fsp3) is 0.455. The third kappa shape index (κ3) is 7.21. The Morgan fingerprint density at radius 2 is 1.84 bits per heavy atom. The van der Waals surface area contributed by atoms with Gasteiger partial charge in [-0.2, -0.15) is 4.98 Å². The molecule has 3 aromatic rings. The summed E-state index contributed by atoms with van der Waals surface area (Å²) in [7, 11) is 0. The van der Waals surface area contributed by atoms with E-state index in [9.17, 15) is 4.79 Å². The molecule has 4 heterocycles. The standard InChI is InChI=1S/C33H39N3O7/c1-22-7-9-25(34-32(37)23-8-10-27-28(18-23)43-33(2,3)42-27)21-26(22)24-19-29(36-11-14-38-15-12-36)35-30(20-24)39-16-17-41-31-6-4-5-13-40-31/h7-10,18-21,31H,4-6,11-17H2,1-3H3,(H,34,37). The van der Waals surface area contributed by atoms with Crippen LogP contribution in [-0.2, 0) is 14.2 Å². The molecule has 1 atom stereocenters. The zero-order valence-corrected chi connectivity index (χ0v) is 25.0. The van der Waals surface area contributed by atoms with Crippen LogP contribution in [0.1, 0.15) is 49.0 Å². The Hall–Kier alpha value is -3.86. The maximum atomic E-state index is 13.2. The van der Waals surface area contributed by atoms with Crippen LogP contribution in [0.15, 0.2) is 48.5 Å². The third-order valence-corrected chi connectivity index (χ3v) is 7.62. The molecule has 43 heavy (non-hydrogen) atoms. The smallest absolute Gasteiger partial charge is 0.255 e. The van der Waals surface area contributed by atoms with Crippen LogP contribution in [0.2, 0.25) is 0 Å². The minimum atomic E-state index is -0.757. The van der Waals surface area contributed by atoms with E-state index >= 15 is 0 Å². The number of carbonyl (C=O) groups is 1. The highest BCUT2D eigenvalue weighted by atomic mass is 16.7. The van der Waals surface area contributed by atoms with E-state index in [1.807, 2.05) is 45.0 Å². The second-order valence-corrected chi connectivity index (χ2v) is 11.4. The second kappa shape index (κ2) is 12.8. The van der Waals surface area contributed by atoms with E-state index in [4.69, 9.17) is 33.4 Å². The van der Waals surface area contributed by atoms with Gasteiger partial charge < -0.3 is 38.6 Å². The Morgan fingerprint density at radius 3 is 2.65 bits per heavy atom. The van der Waals surface area contributed by atoms with Crippen molar-refractivity contribution in [2.75, 3.05) is 56.3 Å². The van der Waals surface area contributed by atoms with E-state index < -0.39 is 5.79 Å². The number of hydrogen-bond acceptors (Lipinski definition) is 9. The number of benzene rings is 2. The van der Waals surface area contributed by atoms with Crippen molar-refractivity contribution in [1.29, 1.82) is 0 Å². The van der Waals surface area contributed by atoms with Crippen LogP contribution in [0.3, 0.4) is 0 Å². The number of amides is 1. The van der Waals surface area contributed by atoms with Crippen LogP contribution in [0.4, 0.5) is 11.5 Å². The molecule has 10 nitrogen and oxygen atoms in total. The fourth-order valence-electron chi connectivity index (χ4n) is 5.42. The van der Waals surface area contributed by atoms with Crippen molar-refractivity contribution >= 4 is 17.4 Å². The van der Waals surface area contributed by atoms with Gasteiger partial charge in [-0.3, -0.25) is 4.79 Å². The average Bonchev–Trinajstić information content (AvgIpc) is 3.34. The maximum Gasteiger partial charge on any atom is 0.255 e. The van der Waals surface area contributed by atoms with Crippen LogP contribution >= 0.6 is 0 Å². The molecule has 1 aromatic heterocycles. The van der Waals surface area contributed by atoms with Crippen LogP contribution in [0.5, 0.6) is 17.4 Å². The summed E-state index contributed by atoms with van der Waals surface area (Å²) in [6.45, 7) is 10.0. The predicted molar refractivity (Wildman–Crippen MR) is 162 cm³/mol. The Morgan fingerprint density at radius 1 is 1.00 bits per heavy atom. The number of ether oxygens (including phenoxy) is 6. The Balaban J connectivity index is 1.20. The van der Waals surface area contributed by atoms with E-state index in [0.717, 1.165) is 61.5 Å². The van der Waals surface area contributed by atoms with E-state index in [0.29, 0.717) is 55.1 Å². The number of fused-ring (bicyclic) bond motifs is 1. The summed E-state index contributed by atoms with van der Waals surface area (Å²) in [5, 5.41) is 3.04. The monoisotopic (exact) mass is 589 g/mol. The minimum Gasteiger partial charge on any atom is -0.475 e. The quantitative estimate of drug-likeness (QED) is 0.321. The summed E-state index contributed by atoms with van der Waals surface area (Å²) >= 11 is 0. The van der Waals surface area contributed by atoms with E-state index in [1.54, 1.807) is 18.2 Å². The molecule has 6 rings (SSSR count). The van der Waals surface area contributed by atoms with Gasteiger partial charge in [0.05, 0.1) is 19.8 Å². The average molecular weight is 590 g/mol. The molecule has 228 valence electrons. The van der Waals surface area contributed by atoms with Crippen molar-refractivity contribution in [2.24, 2.45) is 0 Å². The normalized spacial score (nSPS) is 19.2. The zero-order chi connectivity index (χ0) is 29.8. The van der Waals surface area contributed by atoms with Crippen molar-refractivity contribution in [3.8, 4) is 28.5 Å². The van der Waals surface area contributed by atoms with Gasteiger partial charge in [0.25, 0.3) is 5.91 Å². The molecule has 1 N–H and O–H groups in total. The summed E-state index contributed by atoms with van der Waals surface area (Å²) in [5.41, 5.74) is 4.14. The fourth-order valence-corrected chi connectivity index (χ4v) is 5.42. The number of hydrogen-bond donors (Lipinski definition) is 1. The van der Waals surface area contributed by atoms with Gasteiger partial charge in [-0.05, 0) is 79.3 Å². The first-order chi connectivity index (χ1) is 20.8. The Bertz CT molecular complexity index is 1450. The highest BCUT2D eigenvalue weighted by Gasteiger charge is 2.32. The molecule has 0 aliphatic carbocycles. The molecule has 3 aliphatic rings. The molecule has 10 heteroatoms. The highest BCUT2D eigenvalue weighted by molar-refractivity contribution is 6.05. The van der Waals surface area contributed by atoms with Gasteiger partial charge >= 0.3 is 0 Å². The first-order valence-corrected chi connectivity index (χ1v) is 15.0. The van der Waals surface area contributed by atoms with Gasteiger partial charge in [0, 0.05) is 50.9 Å². The number of pyridine rings is 1. The lowest BCUT2D eigenvalue weighted by atomic mass is 10.00. The van der Waals surface area contributed by atoms with Crippen molar-refractivity contribution in [3.63, 3.8) is 0 Å². The first kappa shape index (κ1) is 29.2. The number of aryl methyl sites for hydroxylation is 1. The summed E-state index contributed by atoms with van der Waals surface area (Å²) in [6.07, 6.45) is 2.95. The van der Waals surface area contributed by atoms with Crippen molar-refractivity contribution in [2.45, 2.75) is 52.1 Å². The first-order valence-electron chi connectivity index (χ1n) is 15.0. The second-order valence-electron chi connectivity index (χ2n) is 11.4. The van der Waals surface area contributed by atoms with Gasteiger partial charge in [0.2, 0.25) is 11.7 Å². The van der Waals surface area contributed by atoms with E-state index in [2.05, 4.69) is 16.3 Å². The number of nitrogens with zero attached hydrogens (tertiary/aromatic N) is 2. The number of carbonyl (C=O) groups excluding carboxylic acids is 1. The van der Waals surface area contributed by atoms with Crippen molar-refractivity contribution in [3.05, 3.63) is 59.7 Å². The predicted octanol–water partition coefficient (Wildman–Crippen LogP) is 5.58. The SMILES string of the molecule is Cc1ccc(NC(=O)c2ccc3c(c2)OC(C)(C)O3)cc1-c1cc(OCCOC2CCCCO2)nc(N2CCOCC2)c1. The topological polar surface area (TPSA) is 101 Å². The molecule has 1 unspecified atom stereocenters. The molecule has 0 bridgehead atoms. The Labute approximate surface area is 252 Å². The summed E-state index contributed by atoms with van der Waals surface area (Å²) in [5.74, 6) is 1.53. The molecular weight excluding hydrogens is 550 g/mol. The number of nitrogens with one attached hydrogen (secondary N) is 1. The minimum absolute atomic E-state index is 0.161. The van der Waals surface area contributed by atoms with Gasteiger partial charge in [0.15, 0.2) is 17.8 Å². The lowest BCUT2D eigenvalue weighted by molar-refractivity contribution is -0.165. The van der Waals surface area contributed by atoms with Crippen LogP contribution in [-0.4, -0.2) is 69.1 Å². The summed E-state index contributed by atoms with van der Waals surface area (Å²) < 4.78 is 34.7. The largest absolute Gasteiger partial charge is 0.475 e. The molecular formula is C33H39N3O7. The van der Waals surface area contributed by atoms with Crippen molar-refractivity contribution in [1.82, 2.24) is 4.98 Å². The van der Waals surface area contributed by atoms with Gasteiger partial charge in [0.1, 0.15) is 12.4 Å². The molecule has 2 aromatic carbocycles. The molecule has 0 spiro atoms. The summed E-state index contributed by atoms with van der Waals surface area (Å²) in [4.78, 5) is 20.2. The molecule has 3 aliphatic heterocycles. The zero-order valence-electron chi connectivity index (χ0n) is 25.0. The van der Waals surface area contributed by atoms with E-state index in [1.165, 1.54) is 0 Å². The highest BCUT2D eigenvalue weighted by Crippen LogP contribution is 2.40. The number of morpholine rings is 1. The number of anilines is 2. The number of aromatic nitrogens is 1. The Kier molecular flexibility index (Phi) is 8.69. The van der Waals surface area contributed by atoms with Crippen LogP contribution in [0.25, 0.3) is 11.1 Å². The van der Waals surface area contributed by atoms with Gasteiger partial charge in [-0.25, -0.2) is 0 Å². The van der Waals surface area contributed by atoms with Crippen molar-refractivity contribution < 1.29 is 33.2 Å². The molecule has 2 fully saturated rings. The van der Waals surface area contributed by atoms with Gasteiger partial charge in [-0.15, -0.1) is 0 Å². The lowest BCUT2D eigenvalue weighted by Crippen LogP contribution is -2.36. The van der Waals surface area contributed by atoms with Gasteiger partial charge in [-0.1, -0.05) is 6.07 Å². The summed E-state index contributed by atoms with van der Waals surface area (Å²) in [6, 6.07) is 15.1. The van der Waals surface area contributed by atoms with Crippen LogP contribution in [0, 0.1) is 6.92 Å². The lowest BCUT2D eigenvalue weighted by Gasteiger charge is -2.28. The van der Waals surface area contributed by atoms with E-state index in [-0.39, 0.29) is 12.2 Å². The maximum absolute atomic E-state index is 13.2. The number of rotatable bonds is 9. The third-order valence-electron chi connectivity index (χ3n) is 7.62. The molecule has 2 saturated heterocycles. The van der Waals surface area contributed by atoms with Crippen LogP contribution < -0.4 is 24.4 Å². The molecule has 0 radical (unpaired) electrons. The molecule has 1 amide bonds.